The molecule has 7 heteroatoms. The van der Waals surface area contributed by atoms with Crippen molar-refractivity contribution in [3.05, 3.63) is 52.9 Å². The van der Waals surface area contributed by atoms with Crippen LogP contribution < -0.4 is 5.32 Å². The van der Waals surface area contributed by atoms with Crippen LogP contribution in [0.2, 0.25) is 0 Å². The Labute approximate surface area is 125 Å². The smallest absolute Gasteiger partial charge is 0.270 e. The molecule has 0 unspecified atom stereocenters. The number of aryl methyl sites for hydroxylation is 1. The molecule has 0 saturated heterocycles. The van der Waals surface area contributed by atoms with Gasteiger partial charge >= 0.3 is 0 Å². The summed E-state index contributed by atoms with van der Waals surface area (Å²) < 4.78 is 4.79. The molecule has 2 rings (SSSR count). The number of hydrogen-bond acceptors (Lipinski definition) is 6. The van der Waals surface area contributed by atoms with Crippen LogP contribution >= 0.6 is 0 Å². The fourth-order valence-electron chi connectivity index (χ4n) is 1.69. The molecule has 0 fully saturated rings. The van der Waals surface area contributed by atoms with Crippen LogP contribution in [0.5, 0.6) is 0 Å². The lowest BCUT2D eigenvalue weighted by Gasteiger charge is -2.05. The predicted octanol–water partition coefficient (Wildman–Crippen LogP) is 2.29. The summed E-state index contributed by atoms with van der Waals surface area (Å²) in [6.07, 6.45) is 1.22. The van der Waals surface area contributed by atoms with E-state index in [-0.39, 0.29) is 11.3 Å². The number of carbonyl (C=O) groups is 1. The van der Waals surface area contributed by atoms with E-state index in [0.717, 1.165) is 0 Å². The zero-order chi connectivity index (χ0) is 16.1. The van der Waals surface area contributed by atoms with Crippen molar-refractivity contribution in [2.45, 2.75) is 6.92 Å². The standard InChI is InChI=1S/C15H10N4O3/c1-9-13(8-18-22-9)14(20)12(7-17)15(21)19-11-4-2-10(6-16)3-5-11/h2-5,8,20H,1H3,(H,19,21)/b14-12-. The van der Waals surface area contributed by atoms with E-state index in [0.29, 0.717) is 11.3 Å². The Bertz CT molecular complexity index is 820. The lowest BCUT2D eigenvalue weighted by atomic mass is 10.1. The summed E-state index contributed by atoms with van der Waals surface area (Å²) >= 11 is 0. The second-order valence-corrected chi connectivity index (χ2v) is 4.27. The van der Waals surface area contributed by atoms with Crippen LogP contribution in [0, 0.1) is 29.6 Å². The number of aliphatic hydroxyl groups excluding tert-OH is 1. The van der Waals surface area contributed by atoms with Gasteiger partial charge in [0.05, 0.1) is 23.4 Å². The van der Waals surface area contributed by atoms with Crippen molar-refractivity contribution >= 4 is 17.4 Å². The van der Waals surface area contributed by atoms with E-state index in [9.17, 15) is 9.90 Å². The lowest BCUT2D eigenvalue weighted by molar-refractivity contribution is -0.112. The minimum absolute atomic E-state index is 0.173. The summed E-state index contributed by atoms with van der Waals surface area (Å²) in [5.74, 6) is -0.992. The van der Waals surface area contributed by atoms with E-state index in [4.69, 9.17) is 15.0 Å². The van der Waals surface area contributed by atoms with Gasteiger partial charge in [-0.1, -0.05) is 5.16 Å². The van der Waals surface area contributed by atoms with Gasteiger partial charge < -0.3 is 14.9 Å². The molecule has 0 saturated carbocycles. The molecule has 0 aliphatic carbocycles. The van der Waals surface area contributed by atoms with Gasteiger partial charge in [0.1, 0.15) is 11.8 Å². The molecule has 7 nitrogen and oxygen atoms in total. The number of nitrogens with one attached hydrogen (secondary N) is 1. The van der Waals surface area contributed by atoms with E-state index in [1.165, 1.54) is 30.5 Å². The third kappa shape index (κ3) is 2.94. The fraction of sp³-hybridized carbons (Fsp3) is 0.0667. The fourth-order valence-corrected chi connectivity index (χ4v) is 1.69. The second kappa shape index (κ2) is 6.25. The molecule has 0 spiro atoms. The molecule has 0 bridgehead atoms. The molecule has 0 aliphatic rings. The molecule has 1 heterocycles. The highest BCUT2D eigenvalue weighted by molar-refractivity contribution is 6.11. The maximum absolute atomic E-state index is 12.1. The number of nitriles is 2. The van der Waals surface area contributed by atoms with Crippen molar-refractivity contribution in [3.63, 3.8) is 0 Å². The van der Waals surface area contributed by atoms with Gasteiger partial charge in [-0.25, -0.2) is 0 Å². The third-order valence-electron chi connectivity index (χ3n) is 2.85. The van der Waals surface area contributed by atoms with Crippen molar-refractivity contribution < 1.29 is 14.4 Å². The summed E-state index contributed by atoms with van der Waals surface area (Å²) in [6.45, 7) is 1.55. The average Bonchev–Trinajstić information content (AvgIpc) is 2.94. The van der Waals surface area contributed by atoms with E-state index in [1.54, 1.807) is 13.0 Å². The lowest BCUT2D eigenvalue weighted by Crippen LogP contribution is -2.15. The van der Waals surface area contributed by atoms with Crippen LogP contribution in [-0.2, 0) is 4.79 Å². The first-order valence-corrected chi connectivity index (χ1v) is 6.13. The molecule has 1 aromatic heterocycles. The number of aliphatic hydroxyl groups is 1. The molecular formula is C15H10N4O3. The zero-order valence-electron chi connectivity index (χ0n) is 11.5. The van der Waals surface area contributed by atoms with E-state index in [2.05, 4.69) is 10.5 Å². The van der Waals surface area contributed by atoms with Crippen LogP contribution in [0.25, 0.3) is 5.76 Å². The highest BCUT2D eigenvalue weighted by atomic mass is 16.5. The van der Waals surface area contributed by atoms with Crippen LogP contribution in [0.4, 0.5) is 5.69 Å². The Kier molecular flexibility index (Phi) is 4.21. The first-order chi connectivity index (χ1) is 10.6. The number of amides is 1. The number of benzene rings is 1. The first-order valence-electron chi connectivity index (χ1n) is 6.13. The predicted molar refractivity (Wildman–Crippen MR) is 76.2 cm³/mol. The van der Waals surface area contributed by atoms with E-state index in [1.807, 2.05) is 6.07 Å². The van der Waals surface area contributed by atoms with Crippen LogP contribution in [-0.4, -0.2) is 16.2 Å². The molecule has 0 radical (unpaired) electrons. The Morgan fingerprint density at radius 3 is 2.50 bits per heavy atom. The summed E-state index contributed by atoms with van der Waals surface area (Å²) in [7, 11) is 0. The number of hydrogen-bond donors (Lipinski definition) is 2. The minimum Gasteiger partial charge on any atom is -0.506 e. The SMILES string of the molecule is Cc1oncc1/C(O)=C(\C#N)C(=O)Nc1ccc(C#N)cc1. The number of anilines is 1. The topological polar surface area (TPSA) is 123 Å². The van der Waals surface area contributed by atoms with Gasteiger partial charge in [-0.05, 0) is 31.2 Å². The molecule has 0 atom stereocenters. The molecule has 0 aliphatic heterocycles. The quantitative estimate of drug-likeness (QED) is 0.508. The number of rotatable bonds is 3. The Morgan fingerprint density at radius 1 is 1.32 bits per heavy atom. The van der Waals surface area contributed by atoms with Gasteiger partial charge in [0.25, 0.3) is 5.91 Å². The summed E-state index contributed by atoms with van der Waals surface area (Å²) in [4.78, 5) is 12.1. The second-order valence-electron chi connectivity index (χ2n) is 4.27. The molecular weight excluding hydrogens is 284 g/mol. The monoisotopic (exact) mass is 294 g/mol. The van der Waals surface area contributed by atoms with Gasteiger partial charge in [0.2, 0.25) is 0 Å². The van der Waals surface area contributed by atoms with Crippen LogP contribution in [0.15, 0.2) is 40.6 Å². The Morgan fingerprint density at radius 2 is 2.00 bits per heavy atom. The van der Waals surface area contributed by atoms with Crippen LogP contribution in [0.3, 0.4) is 0 Å². The average molecular weight is 294 g/mol. The van der Waals surface area contributed by atoms with Gasteiger partial charge in [0.15, 0.2) is 11.3 Å². The molecule has 2 aromatic rings. The summed E-state index contributed by atoms with van der Waals surface area (Å²) in [5.41, 5.74) is 0.547. The Hall–Kier alpha value is -3.58. The van der Waals surface area contributed by atoms with Crippen molar-refractivity contribution in [2.75, 3.05) is 5.32 Å². The van der Waals surface area contributed by atoms with Crippen molar-refractivity contribution in [1.82, 2.24) is 5.16 Å². The van der Waals surface area contributed by atoms with Crippen LogP contribution in [0.1, 0.15) is 16.9 Å². The van der Waals surface area contributed by atoms with Gasteiger partial charge in [-0.15, -0.1) is 0 Å². The molecule has 22 heavy (non-hydrogen) atoms. The maximum Gasteiger partial charge on any atom is 0.270 e. The van der Waals surface area contributed by atoms with Crippen molar-refractivity contribution in [1.29, 1.82) is 10.5 Å². The first kappa shape index (κ1) is 14.8. The van der Waals surface area contributed by atoms with Gasteiger partial charge in [-0.3, -0.25) is 4.79 Å². The molecule has 2 N–H and O–H groups in total. The molecule has 1 amide bonds. The van der Waals surface area contributed by atoms with Gasteiger partial charge in [0, 0.05) is 5.69 Å². The van der Waals surface area contributed by atoms with Crippen molar-refractivity contribution in [3.8, 4) is 12.1 Å². The number of carbonyl (C=O) groups excluding carboxylic acids is 1. The highest BCUT2D eigenvalue weighted by Gasteiger charge is 2.19. The molecule has 1 aromatic carbocycles. The minimum atomic E-state index is -0.773. The van der Waals surface area contributed by atoms with E-state index < -0.39 is 17.2 Å². The number of nitrogens with zero attached hydrogens (tertiary/aromatic N) is 3. The summed E-state index contributed by atoms with van der Waals surface area (Å²) in [5, 5.41) is 33.8. The largest absolute Gasteiger partial charge is 0.506 e. The zero-order valence-corrected chi connectivity index (χ0v) is 11.5. The third-order valence-corrected chi connectivity index (χ3v) is 2.85. The van der Waals surface area contributed by atoms with Crippen molar-refractivity contribution in [2.24, 2.45) is 0 Å². The van der Waals surface area contributed by atoms with Gasteiger partial charge in [-0.2, -0.15) is 10.5 Å². The number of aromatic nitrogens is 1. The maximum atomic E-state index is 12.1. The Balaban J connectivity index is 2.28. The summed E-state index contributed by atoms with van der Waals surface area (Å²) in [6, 6.07) is 9.70. The van der Waals surface area contributed by atoms with E-state index >= 15 is 0 Å². The molecule has 108 valence electrons. The highest BCUT2D eigenvalue weighted by Crippen LogP contribution is 2.20. The normalized spacial score (nSPS) is 11.0.